The molecule has 106 valence electrons. The molecule has 2 fully saturated rings. The Labute approximate surface area is 117 Å². The van der Waals surface area contributed by atoms with E-state index < -0.39 is 6.09 Å². The first kappa shape index (κ1) is 13.0. The molecule has 1 aromatic carbocycles. The van der Waals surface area contributed by atoms with Crippen molar-refractivity contribution in [2.24, 2.45) is 0 Å². The van der Waals surface area contributed by atoms with Crippen LogP contribution in [0.4, 0.5) is 4.79 Å². The Balaban J connectivity index is 1.65. The summed E-state index contributed by atoms with van der Waals surface area (Å²) in [6.45, 7) is 0. The maximum atomic E-state index is 11.2. The van der Waals surface area contributed by atoms with Crippen LogP contribution in [0.1, 0.15) is 36.0 Å². The number of rotatable bonds is 3. The van der Waals surface area contributed by atoms with E-state index in [9.17, 15) is 14.7 Å². The van der Waals surface area contributed by atoms with Crippen LogP contribution in [0.3, 0.4) is 0 Å². The number of amides is 1. The molecule has 1 N–H and O–H groups in total. The van der Waals surface area contributed by atoms with Crippen LogP contribution in [0.2, 0.25) is 0 Å². The summed E-state index contributed by atoms with van der Waals surface area (Å²) in [6.07, 6.45) is 3.41. The van der Waals surface area contributed by atoms with Crippen molar-refractivity contribution >= 4 is 12.4 Å². The zero-order chi connectivity index (χ0) is 14.1. The molecule has 5 nitrogen and oxygen atoms in total. The third-order valence-electron chi connectivity index (χ3n) is 4.23. The fraction of sp³-hybridized carbons (Fsp3) is 0.467. The number of carbonyl (C=O) groups is 2. The van der Waals surface area contributed by atoms with Crippen molar-refractivity contribution in [3.05, 3.63) is 29.8 Å². The first-order chi connectivity index (χ1) is 9.67. The maximum Gasteiger partial charge on any atom is 0.407 e. The van der Waals surface area contributed by atoms with Crippen molar-refractivity contribution in [3.63, 3.8) is 0 Å². The van der Waals surface area contributed by atoms with Gasteiger partial charge < -0.3 is 14.7 Å². The third kappa shape index (κ3) is 2.35. The summed E-state index contributed by atoms with van der Waals surface area (Å²) in [7, 11) is 0. The Morgan fingerprint density at radius 1 is 1.20 bits per heavy atom. The molecule has 2 aliphatic heterocycles. The molecule has 5 heteroatoms. The standard InChI is InChI=1S/C15H17NO4/c17-9-10-1-5-13(6-2-10)20-14-7-11-3-4-12(8-14)16(11)15(18)19/h1-2,5-6,9,11-12,14H,3-4,7-8H2,(H,18,19)/t11-,12+,14?. The Morgan fingerprint density at radius 3 is 2.30 bits per heavy atom. The van der Waals surface area contributed by atoms with Crippen molar-refractivity contribution < 1.29 is 19.4 Å². The summed E-state index contributed by atoms with van der Waals surface area (Å²) in [5.41, 5.74) is 0.623. The molecule has 1 amide bonds. The largest absolute Gasteiger partial charge is 0.490 e. The molecule has 0 aliphatic carbocycles. The van der Waals surface area contributed by atoms with Crippen molar-refractivity contribution in [3.8, 4) is 5.75 Å². The SMILES string of the molecule is O=Cc1ccc(OC2C[C@H]3CC[C@@H](C2)N3C(=O)O)cc1. The van der Waals surface area contributed by atoms with E-state index in [1.54, 1.807) is 29.2 Å². The van der Waals surface area contributed by atoms with E-state index in [-0.39, 0.29) is 18.2 Å². The fourth-order valence-electron chi connectivity index (χ4n) is 3.35. The van der Waals surface area contributed by atoms with E-state index in [1.165, 1.54) is 0 Å². The predicted octanol–water partition coefficient (Wildman–Crippen LogP) is 2.55. The Bertz CT molecular complexity index is 499. The maximum absolute atomic E-state index is 11.2. The Morgan fingerprint density at radius 2 is 1.80 bits per heavy atom. The number of ether oxygens (including phenoxy) is 1. The summed E-state index contributed by atoms with van der Waals surface area (Å²) < 4.78 is 5.93. The summed E-state index contributed by atoms with van der Waals surface area (Å²) >= 11 is 0. The van der Waals surface area contributed by atoms with Gasteiger partial charge in [-0.25, -0.2) is 4.79 Å². The summed E-state index contributed by atoms with van der Waals surface area (Å²) in [4.78, 5) is 23.4. The van der Waals surface area contributed by atoms with Crippen molar-refractivity contribution in [2.75, 3.05) is 0 Å². The molecule has 2 saturated heterocycles. The van der Waals surface area contributed by atoms with E-state index >= 15 is 0 Å². The molecule has 0 aromatic heterocycles. The highest BCUT2D eigenvalue weighted by molar-refractivity contribution is 5.74. The fourth-order valence-corrected chi connectivity index (χ4v) is 3.35. The summed E-state index contributed by atoms with van der Waals surface area (Å²) in [6, 6.07) is 7.20. The lowest BCUT2D eigenvalue weighted by atomic mass is 10.0. The van der Waals surface area contributed by atoms with Crippen molar-refractivity contribution in [1.82, 2.24) is 4.90 Å². The van der Waals surface area contributed by atoms with Crippen molar-refractivity contribution in [1.29, 1.82) is 0 Å². The van der Waals surface area contributed by atoms with Crippen molar-refractivity contribution in [2.45, 2.75) is 43.9 Å². The number of carbonyl (C=O) groups excluding carboxylic acids is 1. The first-order valence-corrected chi connectivity index (χ1v) is 6.90. The molecule has 3 rings (SSSR count). The molecule has 1 aromatic rings. The molecular weight excluding hydrogens is 258 g/mol. The van der Waals surface area contributed by atoms with E-state index in [0.717, 1.165) is 37.7 Å². The molecule has 3 atom stereocenters. The highest BCUT2D eigenvalue weighted by Crippen LogP contribution is 2.37. The second-order valence-electron chi connectivity index (χ2n) is 5.47. The van der Waals surface area contributed by atoms with Crippen LogP contribution in [0.15, 0.2) is 24.3 Å². The number of benzene rings is 1. The van der Waals surface area contributed by atoms with Crippen LogP contribution in [0.5, 0.6) is 5.75 Å². The van der Waals surface area contributed by atoms with Gasteiger partial charge in [0.05, 0.1) is 0 Å². The molecule has 0 spiro atoms. The van der Waals surface area contributed by atoms with Crippen LogP contribution >= 0.6 is 0 Å². The summed E-state index contributed by atoms with van der Waals surface area (Å²) in [5, 5.41) is 9.20. The number of fused-ring (bicyclic) bond motifs is 2. The average Bonchev–Trinajstić information content (AvgIpc) is 2.72. The van der Waals surface area contributed by atoms with Crippen LogP contribution < -0.4 is 4.74 Å². The lowest BCUT2D eigenvalue weighted by Gasteiger charge is -2.37. The minimum absolute atomic E-state index is 0.0604. The number of hydrogen-bond donors (Lipinski definition) is 1. The third-order valence-corrected chi connectivity index (χ3v) is 4.23. The summed E-state index contributed by atoms with van der Waals surface area (Å²) in [5.74, 6) is 0.740. The van der Waals surface area contributed by atoms with Crippen LogP contribution in [0, 0.1) is 0 Å². The molecule has 0 radical (unpaired) electrons. The van der Waals surface area contributed by atoms with Gasteiger partial charge in [-0.15, -0.1) is 0 Å². The van der Waals surface area contributed by atoms with Crippen LogP contribution in [0.25, 0.3) is 0 Å². The second-order valence-corrected chi connectivity index (χ2v) is 5.47. The van der Waals surface area contributed by atoms with Gasteiger partial charge >= 0.3 is 6.09 Å². The lowest BCUT2D eigenvalue weighted by Crippen LogP contribution is -2.48. The first-order valence-electron chi connectivity index (χ1n) is 6.90. The van der Waals surface area contributed by atoms with E-state index in [2.05, 4.69) is 0 Å². The number of nitrogens with zero attached hydrogens (tertiary/aromatic N) is 1. The number of hydrogen-bond acceptors (Lipinski definition) is 3. The highest BCUT2D eigenvalue weighted by Gasteiger charge is 2.44. The Kier molecular flexibility index (Phi) is 3.34. The second kappa shape index (κ2) is 5.15. The molecule has 0 saturated carbocycles. The van der Waals surface area contributed by atoms with Gasteiger partial charge in [-0.1, -0.05) is 0 Å². The van der Waals surface area contributed by atoms with Gasteiger partial charge in [0, 0.05) is 30.5 Å². The van der Waals surface area contributed by atoms with Gasteiger partial charge in [0.2, 0.25) is 0 Å². The van der Waals surface area contributed by atoms with Gasteiger partial charge in [0.1, 0.15) is 18.1 Å². The number of aldehydes is 1. The van der Waals surface area contributed by atoms with Gasteiger partial charge in [0.15, 0.2) is 0 Å². The zero-order valence-corrected chi connectivity index (χ0v) is 11.1. The van der Waals surface area contributed by atoms with E-state index in [4.69, 9.17) is 4.74 Å². The quantitative estimate of drug-likeness (QED) is 0.861. The van der Waals surface area contributed by atoms with Crippen LogP contribution in [-0.4, -0.2) is 40.6 Å². The van der Waals surface area contributed by atoms with Gasteiger partial charge in [-0.2, -0.15) is 0 Å². The Hall–Kier alpha value is -2.04. The smallest absolute Gasteiger partial charge is 0.407 e. The molecule has 2 heterocycles. The molecular formula is C15H17NO4. The highest BCUT2D eigenvalue weighted by atomic mass is 16.5. The van der Waals surface area contributed by atoms with Gasteiger partial charge in [-0.05, 0) is 37.1 Å². The minimum atomic E-state index is -0.814. The monoisotopic (exact) mass is 275 g/mol. The van der Waals surface area contributed by atoms with Gasteiger partial charge in [0.25, 0.3) is 0 Å². The average molecular weight is 275 g/mol. The molecule has 2 aliphatic rings. The predicted molar refractivity (Wildman–Crippen MR) is 72.2 cm³/mol. The van der Waals surface area contributed by atoms with E-state index in [1.807, 2.05) is 0 Å². The molecule has 20 heavy (non-hydrogen) atoms. The number of carboxylic acid groups (broad SMARTS) is 1. The lowest BCUT2D eigenvalue weighted by molar-refractivity contribution is 0.0496. The zero-order valence-electron chi connectivity index (χ0n) is 11.1. The van der Waals surface area contributed by atoms with Crippen LogP contribution in [-0.2, 0) is 0 Å². The number of piperidine rings is 1. The normalized spacial score (nSPS) is 28.2. The minimum Gasteiger partial charge on any atom is -0.490 e. The molecule has 1 unspecified atom stereocenters. The molecule has 2 bridgehead atoms. The van der Waals surface area contributed by atoms with E-state index in [0.29, 0.717) is 5.56 Å². The van der Waals surface area contributed by atoms with Gasteiger partial charge in [-0.3, -0.25) is 4.79 Å². The topological polar surface area (TPSA) is 66.8 Å².